The van der Waals surface area contributed by atoms with Gasteiger partial charge in [0.15, 0.2) is 0 Å². The number of hydrogen-bond donors (Lipinski definition) is 0. The van der Waals surface area contributed by atoms with Crippen LogP contribution in [0.15, 0.2) is 23.8 Å². The van der Waals surface area contributed by atoms with Gasteiger partial charge >= 0.3 is 5.97 Å². The van der Waals surface area contributed by atoms with E-state index >= 15 is 0 Å². The standard InChI is InChI=1S/C38H62O2/c1-10-25-20-31-29-14-13-26-19-30(22-29)38(23-25,32(31)21-26)37(8,9)40-34(39)28-17-15-27(16-18-28)33(36(6,7)12-3)24-35(4,5)11-2/h15,17-18,25-27,29-33H,10-14,16,19-24H2,1-9H3. The molecular weight excluding hydrogens is 488 g/mol. The van der Waals surface area contributed by atoms with Crippen molar-refractivity contribution in [1.29, 1.82) is 0 Å². The molecule has 6 aliphatic carbocycles. The average Bonchev–Trinajstić information content (AvgIpc) is 3.19. The van der Waals surface area contributed by atoms with Crippen molar-refractivity contribution in [3.05, 3.63) is 23.8 Å². The van der Waals surface area contributed by atoms with Crippen molar-refractivity contribution in [3.63, 3.8) is 0 Å². The zero-order valence-corrected chi connectivity index (χ0v) is 27.7. The van der Waals surface area contributed by atoms with Gasteiger partial charge in [-0.1, -0.05) is 92.4 Å². The van der Waals surface area contributed by atoms with E-state index in [0.29, 0.717) is 17.3 Å². The minimum Gasteiger partial charge on any atom is -0.455 e. The Kier molecular flexibility index (Phi) is 8.29. The fraction of sp³-hybridized carbons (Fsp3) is 0.868. The van der Waals surface area contributed by atoms with E-state index in [1.54, 1.807) is 0 Å². The maximum atomic E-state index is 13.9. The number of carbonyl (C=O) groups is 1. The van der Waals surface area contributed by atoms with Crippen LogP contribution in [0.3, 0.4) is 0 Å². The molecule has 0 spiro atoms. The molecule has 2 nitrogen and oxygen atoms in total. The van der Waals surface area contributed by atoms with Crippen molar-refractivity contribution < 1.29 is 9.53 Å². The second-order valence-corrected chi connectivity index (χ2v) is 17.1. The van der Waals surface area contributed by atoms with Crippen LogP contribution in [0.1, 0.15) is 139 Å². The number of allylic oxidation sites excluding steroid dienone is 2. The van der Waals surface area contributed by atoms with E-state index in [1.807, 2.05) is 0 Å². The Bertz CT molecular complexity index is 997. The summed E-state index contributed by atoms with van der Waals surface area (Å²) in [4.78, 5) is 13.9. The lowest BCUT2D eigenvalue weighted by Crippen LogP contribution is -2.65. The molecule has 9 atom stereocenters. The quantitative estimate of drug-likeness (QED) is 0.253. The summed E-state index contributed by atoms with van der Waals surface area (Å²) >= 11 is 0. The molecule has 226 valence electrons. The third kappa shape index (κ3) is 5.19. The van der Waals surface area contributed by atoms with Gasteiger partial charge < -0.3 is 4.74 Å². The van der Waals surface area contributed by atoms with Crippen molar-refractivity contribution in [1.82, 2.24) is 0 Å². The number of esters is 1. The van der Waals surface area contributed by atoms with E-state index in [4.69, 9.17) is 4.74 Å². The molecule has 5 saturated carbocycles. The van der Waals surface area contributed by atoms with Crippen molar-refractivity contribution in [2.75, 3.05) is 0 Å². The summed E-state index contributed by atoms with van der Waals surface area (Å²) in [5.74, 6) is 6.00. The molecule has 0 aliphatic heterocycles. The fourth-order valence-corrected chi connectivity index (χ4v) is 10.9. The molecular formula is C38H62O2. The second-order valence-electron chi connectivity index (χ2n) is 17.1. The molecule has 0 radical (unpaired) electrons. The molecule has 5 fully saturated rings. The van der Waals surface area contributed by atoms with Crippen LogP contribution in [0.4, 0.5) is 0 Å². The highest BCUT2D eigenvalue weighted by molar-refractivity contribution is 5.92. The van der Waals surface area contributed by atoms with Crippen molar-refractivity contribution >= 4 is 5.97 Å². The Labute approximate surface area is 247 Å². The zero-order chi connectivity index (χ0) is 29.1. The van der Waals surface area contributed by atoms with E-state index < -0.39 is 5.60 Å². The minimum atomic E-state index is -0.421. The molecule has 6 bridgehead atoms. The molecule has 0 heterocycles. The topological polar surface area (TPSA) is 26.3 Å². The largest absolute Gasteiger partial charge is 0.455 e. The zero-order valence-electron chi connectivity index (χ0n) is 27.7. The maximum Gasteiger partial charge on any atom is 0.338 e. The SMILES string of the molecule is CCC1CC2C3CCC4CC(C3)C(C(C)(C)OC(=O)C3=CCC(C(CC(C)(C)CC)C(C)(C)CC)C=C3)(C1)C2C4. The first-order valence-corrected chi connectivity index (χ1v) is 17.4. The van der Waals surface area contributed by atoms with Gasteiger partial charge in [0.05, 0.1) is 5.57 Å². The van der Waals surface area contributed by atoms with Crippen molar-refractivity contribution in [2.45, 2.75) is 145 Å². The Hall–Kier alpha value is -1.05. The number of hydrogen-bond acceptors (Lipinski definition) is 2. The van der Waals surface area contributed by atoms with E-state index in [-0.39, 0.29) is 16.8 Å². The first-order valence-electron chi connectivity index (χ1n) is 17.4. The van der Waals surface area contributed by atoms with Gasteiger partial charge in [-0.25, -0.2) is 4.79 Å². The average molecular weight is 551 g/mol. The minimum absolute atomic E-state index is 0.0731. The third-order valence-electron chi connectivity index (χ3n) is 14.1. The molecule has 0 saturated heterocycles. The molecule has 0 aromatic heterocycles. The van der Waals surface area contributed by atoms with Gasteiger partial charge in [-0.3, -0.25) is 0 Å². The molecule has 0 amide bonds. The predicted octanol–water partition coefficient (Wildman–Crippen LogP) is 10.6. The Morgan fingerprint density at radius 3 is 2.38 bits per heavy atom. The van der Waals surface area contributed by atoms with Crippen LogP contribution in [-0.2, 0) is 9.53 Å². The summed E-state index contributed by atoms with van der Waals surface area (Å²) in [6, 6.07) is 0. The molecule has 9 unspecified atom stereocenters. The Morgan fingerprint density at radius 2 is 1.75 bits per heavy atom. The molecule has 6 aliphatic rings. The van der Waals surface area contributed by atoms with Crippen LogP contribution in [0.2, 0.25) is 0 Å². The van der Waals surface area contributed by atoms with E-state index in [2.05, 4.69) is 80.5 Å². The lowest BCUT2D eigenvalue weighted by atomic mass is 9.39. The summed E-state index contributed by atoms with van der Waals surface area (Å²) in [6.07, 6.45) is 22.3. The molecule has 6 rings (SSSR count). The number of rotatable bonds is 10. The molecule has 0 aromatic carbocycles. The Balaban J connectivity index is 1.34. The Morgan fingerprint density at radius 1 is 1.00 bits per heavy atom. The van der Waals surface area contributed by atoms with E-state index in [0.717, 1.165) is 47.5 Å². The number of ether oxygens (including phenoxy) is 1. The summed E-state index contributed by atoms with van der Waals surface area (Å²) in [6.45, 7) is 21.4. The van der Waals surface area contributed by atoms with Gasteiger partial charge in [0.1, 0.15) is 5.60 Å². The maximum absolute atomic E-state index is 13.9. The van der Waals surface area contributed by atoms with Crippen LogP contribution in [0.25, 0.3) is 0 Å². The lowest BCUT2D eigenvalue weighted by molar-refractivity contribution is -0.237. The predicted molar refractivity (Wildman–Crippen MR) is 168 cm³/mol. The van der Waals surface area contributed by atoms with Crippen LogP contribution in [0.5, 0.6) is 0 Å². The fourth-order valence-electron chi connectivity index (χ4n) is 10.9. The van der Waals surface area contributed by atoms with Gasteiger partial charge in [0.2, 0.25) is 0 Å². The van der Waals surface area contributed by atoms with Gasteiger partial charge in [0.25, 0.3) is 0 Å². The summed E-state index contributed by atoms with van der Waals surface area (Å²) in [7, 11) is 0. The first-order chi connectivity index (χ1) is 18.8. The van der Waals surface area contributed by atoms with Gasteiger partial charge in [-0.05, 0) is 123 Å². The van der Waals surface area contributed by atoms with Crippen LogP contribution in [-0.4, -0.2) is 11.6 Å². The lowest BCUT2D eigenvalue weighted by Gasteiger charge is -2.67. The van der Waals surface area contributed by atoms with Crippen molar-refractivity contribution in [3.8, 4) is 0 Å². The van der Waals surface area contributed by atoms with E-state index in [9.17, 15) is 4.79 Å². The normalized spacial score (nSPS) is 38.1. The number of fused-ring (bicyclic) bond motifs is 1. The summed E-state index contributed by atoms with van der Waals surface area (Å²) < 4.78 is 6.74. The van der Waals surface area contributed by atoms with Gasteiger partial charge in [-0.2, -0.15) is 0 Å². The third-order valence-corrected chi connectivity index (χ3v) is 14.1. The monoisotopic (exact) mass is 550 g/mol. The van der Waals surface area contributed by atoms with Crippen LogP contribution >= 0.6 is 0 Å². The molecule has 40 heavy (non-hydrogen) atoms. The highest BCUT2D eigenvalue weighted by atomic mass is 16.6. The molecule has 0 N–H and O–H groups in total. The van der Waals surface area contributed by atoms with E-state index in [1.165, 1.54) is 70.6 Å². The first kappa shape index (κ1) is 30.4. The molecule has 2 heteroatoms. The second kappa shape index (κ2) is 10.9. The van der Waals surface area contributed by atoms with Crippen LogP contribution in [0, 0.1) is 63.6 Å². The van der Waals surface area contributed by atoms with Crippen LogP contribution < -0.4 is 0 Å². The highest BCUT2D eigenvalue weighted by Gasteiger charge is 2.67. The van der Waals surface area contributed by atoms with Gasteiger partial charge in [0, 0.05) is 5.41 Å². The number of carbonyl (C=O) groups excluding carboxylic acids is 1. The highest BCUT2D eigenvalue weighted by Crippen LogP contribution is 2.71. The van der Waals surface area contributed by atoms with Gasteiger partial charge in [-0.15, -0.1) is 0 Å². The molecule has 0 aromatic rings. The van der Waals surface area contributed by atoms with Crippen molar-refractivity contribution in [2.24, 2.45) is 63.6 Å². The summed E-state index contributed by atoms with van der Waals surface area (Å²) in [5, 5.41) is 0. The smallest absolute Gasteiger partial charge is 0.338 e. The summed E-state index contributed by atoms with van der Waals surface area (Å²) in [5.41, 5.74) is 1.15.